The van der Waals surface area contributed by atoms with Gasteiger partial charge in [-0.05, 0) is 119 Å². The number of nitrogens with zero attached hydrogens (tertiary/aromatic N) is 2. The van der Waals surface area contributed by atoms with Crippen molar-refractivity contribution in [1.82, 2.24) is 10.1 Å². The maximum absolute atomic E-state index is 14.1. The van der Waals surface area contributed by atoms with Crippen molar-refractivity contribution in [3.05, 3.63) is 0 Å². The molecule has 5 atom stereocenters. The maximum atomic E-state index is 14.1. The maximum Gasteiger partial charge on any atom is 0.350 e. The molecule has 0 aromatic rings. The monoisotopic (exact) mass is 831 g/mol. The van der Waals surface area contributed by atoms with Crippen molar-refractivity contribution >= 4 is 27.1 Å². The average molecular weight is 831 g/mol. The minimum Gasteiger partial charge on any atom is -0.464 e. The summed E-state index contributed by atoms with van der Waals surface area (Å²) in [4.78, 5) is 38.6. The van der Waals surface area contributed by atoms with Crippen LogP contribution < -0.4 is 0 Å². The van der Waals surface area contributed by atoms with Crippen molar-refractivity contribution in [3.63, 3.8) is 0 Å². The number of carbonyl (C=O) groups is 2. The highest BCUT2D eigenvalue weighted by molar-refractivity contribution is 7.55. The van der Waals surface area contributed by atoms with E-state index < -0.39 is 72.8 Å². The Labute approximate surface area is 334 Å². The van der Waals surface area contributed by atoms with Crippen molar-refractivity contribution in [2.45, 2.75) is 186 Å². The highest BCUT2D eigenvalue weighted by Crippen LogP contribution is 2.62. The van der Waals surface area contributed by atoms with Gasteiger partial charge in [-0.1, -0.05) is 48.5 Å². The summed E-state index contributed by atoms with van der Waals surface area (Å²) in [6.45, 7) is 36.5. The Morgan fingerprint density at radius 3 is 1.11 bits per heavy atom. The first-order valence-electron chi connectivity index (χ1n) is 20.0. The zero-order valence-electron chi connectivity index (χ0n) is 37.9. The second-order valence-electron chi connectivity index (χ2n) is 18.1. The smallest absolute Gasteiger partial charge is 0.350 e. The van der Waals surface area contributed by atoms with Crippen molar-refractivity contribution < 1.29 is 56.0 Å². The Bertz CT molecular complexity index is 1220. The van der Waals surface area contributed by atoms with E-state index in [0.717, 1.165) is 6.42 Å². The third-order valence-corrected chi connectivity index (χ3v) is 13.9. The lowest BCUT2D eigenvalue weighted by molar-refractivity contribution is -0.263. The highest BCUT2D eigenvalue weighted by atomic mass is 31.2. The number of hydrogen-bond donors (Lipinski definition) is 0. The lowest BCUT2D eigenvalue weighted by atomic mass is 9.94. The first kappa shape index (κ1) is 54.1. The van der Waals surface area contributed by atoms with Crippen LogP contribution in [-0.2, 0) is 56.0 Å². The molecule has 0 saturated heterocycles. The second-order valence-corrected chi connectivity index (χ2v) is 22.3. The summed E-state index contributed by atoms with van der Waals surface area (Å²) in [7, 11) is -7.39. The van der Waals surface area contributed by atoms with Crippen LogP contribution in [0.3, 0.4) is 0 Å². The molecule has 0 aliphatic rings. The molecule has 0 amide bonds. The summed E-state index contributed by atoms with van der Waals surface area (Å²) in [6, 6.07) is 0. The molecule has 14 nitrogen and oxygen atoms in total. The Morgan fingerprint density at radius 1 is 0.527 bits per heavy atom. The van der Waals surface area contributed by atoms with Crippen LogP contribution in [0.4, 0.5) is 0 Å². The summed E-state index contributed by atoms with van der Waals surface area (Å²) in [5.41, 5.74) is -2.55. The minimum atomic E-state index is -3.70. The summed E-state index contributed by atoms with van der Waals surface area (Å²) >= 11 is 0. The van der Waals surface area contributed by atoms with Crippen LogP contribution in [0, 0.1) is 16.7 Å². The molecule has 0 aliphatic heterocycles. The number of hydroxylamine groups is 4. The van der Waals surface area contributed by atoms with E-state index >= 15 is 0 Å². The molecular formula is C39H80N2O12P2. The predicted octanol–water partition coefficient (Wildman–Crippen LogP) is 10.00. The van der Waals surface area contributed by atoms with Crippen LogP contribution >= 0.6 is 15.2 Å². The average Bonchev–Trinajstić information content (AvgIpc) is 3.00. The van der Waals surface area contributed by atoms with E-state index in [-0.39, 0.29) is 45.6 Å². The molecule has 0 saturated carbocycles. The van der Waals surface area contributed by atoms with Crippen molar-refractivity contribution in [2.24, 2.45) is 16.7 Å². The second kappa shape index (κ2) is 23.0. The third kappa shape index (κ3) is 17.9. The first-order valence-corrected chi connectivity index (χ1v) is 23.2. The largest absolute Gasteiger partial charge is 0.464 e. The van der Waals surface area contributed by atoms with Gasteiger partial charge in [0.1, 0.15) is 11.6 Å². The lowest BCUT2D eigenvalue weighted by Gasteiger charge is -2.47. The van der Waals surface area contributed by atoms with E-state index in [0.29, 0.717) is 12.8 Å². The molecule has 16 heteroatoms. The van der Waals surface area contributed by atoms with Gasteiger partial charge in [-0.3, -0.25) is 18.8 Å². The highest BCUT2D eigenvalue weighted by Gasteiger charge is 2.53. The first-order chi connectivity index (χ1) is 25.0. The Kier molecular flexibility index (Phi) is 22.6. The number of rotatable bonds is 25. The van der Waals surface area contributed by atoms with E-state index in [4.69, 9.17) is 37.2 Å². The summed E-state index contributed by atoms with van der Waals surface area (Å²) in [6.07, 6.45) is -0.0533. The predicted molar refractivity (Wildman–Crippen MR) is 217 cm³/mol. The van der Waals surface area contributed by atoms with Crippen molar-refractivity contribution in [3.8, 4) is 0 Å². The zero-order valence-corrected chi connectivity index (χ0v) is 39.7. The van der Waals surface area contributed by atoms with Gasteiger partial charge in [0.15, 0.2) is 12.2 Å². The molecule has 0 fully saturated rings. The van der Waals surface area contributed by atoms with Crippen molar-refractivity contribution in [2.75, 3.05) is 39.6 Å². The molecule has 0 radical (unpaired) electrons. The van der Waals surface area contributed by atoms with E-state index in [9.17, 15) is 18.7 Å². The molecule has 55 heavy (non-hydrogen) atoms. The molecule has 0 rings (SSSR count). The van der Waals surface area contributed by atoms with Crippen LogP contribution in [0.2, 0.25) is 0 Å². The molecular weight excluding hydrogens is 750 g/mol. The molecule has 0 spiro atoms. The van der Waals surface area contributed by atoms with Crippen LogP contribution in [-0.4, -0.2) is 96.6 Å². The fourth-order valence-corrected chi connectivity index (χ4v) is 11.3. The minimum absolute atomic E-state index is 0.172. The fraction of sp³-hybridized carbons (Fsp3) is 0.949. The van der Waals surface area contributed by atoms with Gasteiger partial charge in [0.2, 0.25) is 0 Å². The van der Waals surface area contributed by atoms with Crippen LogP contribution in [0.1, 0.15) is 151 Å². The molecule has 0 aromatic heterocycles. The quantitative estimate of drug-likeness (QED) is 0.0372. The summed E-state index contributed by atoms with van der Waals surface area (Å²) < 4.78 is 62.4. The number of hydrogen-bond acceptors (Lipinski definition) is 14. The fourth-order valence-electron chi connectivity index (χ4n) is 5.92. The van der Waals surface area contributed by atoms with Crippen LogP contribution in [0.5, 0.6) is 0 Å². The number of esters is 2. The molecule has 0 bridgehead atoms. The van der Waals surface area contributed by atoms with Gasteiger partial charge in [-0.25, -0.2) is 9.59 Å². The topological polar surface area (TPSA) is 149 Å². The van der Waals surface area contributed by atoms with Gasteiger partial charge in [-0.2, -0.15) is 10.1 Å². The van der Waals surface area contributed by atoms with Gasteiger partial charge in [0.05, 0.1) is 39.6 Å². The lowest BCUT2D eigenvalue weighted by Crippen LogP contribution is -2.55. The van der Waals surface area contributed by atoms with E-state index in [1.54, 1.807) is 51.7 Å². The van der Waals surface area contributed by atoms with Crippen molar-refractivity contribution in [1.29, 1.82) is 0 Å². The zero-order chi connectivity index (χ0) is 43.2. The Hall–Kier alpha value is -0.920. The SMILES string of the molecule is CCOP(=O)(OCC)C(N(OC(C)C(=O)OCCCC(C)CCOC(=O)C(C)ON(C(C(C)(C)C)P(=O)(OCC)OCC)C(C)(C)C)C(C)(C)C)C(C)(C)C. The van der Waals surface area contributed by atoms with Gasteiger partial charge in [0.25, 0.3) is 0 Å². The molecule has 0 N–H and O–H groups in total. The van der Waals surface area contributed by atoms with E-state index in [2.05, 4.69) is 0 Å². The molecule has 328 valence electrons. The standard InChI is InChI=1S/C39H80N2O12P2/c1-20-48-54(44,49-21-2)34(36(8,9)10)40(38(14,15)16)52-30(6)32(42)46-27-24-25-29(5)26-28-47-33(43)31(7)53-41(39(17,18)19)35(37(11,12)13)55(45,50-22-3)51-23-4/h29-31,34-35H,20-28H2,1-19H3. The van der Waals surface area contributed by atoms with E-state index in [1.165, 1.54) is 0 Å². The third-order valence-electron chi connectivity index (χ3n) is 8.30. The molecule has 0 heterocycles. The Morgan fingerprint density at radius 2 is 0.836 bits per heavy atom. The summed E-state index contributed by atoms with van der Waals surface area (Å²) in [5, 5.41) is 3.15. The van der Waals surface area contributed by atoms with Gasteiger partial charge >= 0.3 is 27.1 Å². The van der Waals surface area contributed by atoms with Gasteiger partial charge < -0.3 is 27.6 Å². The normalized spacial score (nSPS) is 16.5. The van der Waals surface area contributed by atoms with Crippen LogP contribution in [0.25, 0.3) is 0 Å². The summed E-state index contributed by atoms with van der Waals surface area (Å²) in [5.74, 6) is -2.53. The van der Waals surface area contributed by atoms with E-state index in [1.807, 2.05) is 90.0 Å². The van der Waals surface area contributed by atoms with Crippen LogP contribution in [0.15, 0.2) is 0 Å². The van der Waals surface area contributed by atoms with Gasteiger partial charge in [0, 0.05) is 11.1 Å². The molecule has 0 aromatic carbocycles. The molecule has 5 unspecified atom stereocenters. The Balaban J connectivity index is 5.37. The molecule has 0 aliphatic carbocycles. The number of carbonyl (C=O) groups excluding carboxylic acids is 2. The van der Waals surface area contributed by atoms with Gasteiger partial charge in [-0.15, -0.1) is 0 Å². The number of ether oxygens (including phenoxy) is 2.